The Balaban J connectivity index is 3.15. The lowest BCUT2D eigenvalue weighted by Crippen LogP contribution is -2.03. The second kappa shape index (κ2) is 4.44. The van der Waals surface area contributed by atoms with Crippen molar-refractivity contribution in [3.05, 3.63) is 24.4 Å². The van der Waals surface area contributed by atoms with E-state index < -0.39 is 0 Å². The molecule has 0 saturated heterocycles. The summed E-state index contributed by atoms with van der Waals surface area (Å²) in [6.45, 7) is 8.52. The monoisotopic (exact) mass is 111 g/mol. The van der Waals surface area contributed by atoms with Gasteiger partial charge in [-0.05, 0) is 20.0 Å². The van der Waals surface area contributed by atoms with Gasteiger partial charge in [0.25, 0.3) is 0 Å². The van der Waals surface area contributed by atoms with Crippen LogP contribution in [0.2, 0.25) is 0 Å². The topological polar surface area (TPSA) is 12.0 Å². The molecule has 0 atom stereocenters. The molecule has 0 amide bonds. The highest BCUT2D eigenvalue weighted by Crippen LogP contribution is 1.82. The van der Waals surface area contributed by atoms with E-state index in [1.807, 2.05) is 12.3 Å². The van der Waals surface area contributed by atoms with Crippen LogP contribution in [0.15, 0.2) is 24.4 Å². The van der Waals surface area contributed by atoms with Crippen molar-refractivity contribution in [1.29, 1.82) is 0 Å². The summed E-state index contributed by atoms with van der Waals surface area (Å²) in [7, 11) is 0. The number of rotatable bonds is 3. The van der Waals surface area contributed by atoms with Crippen LogP contribution >= 0.6 is 0 Å². The van der Waals surface area contributed by atoms with E-state index in [4.69, 9.17) is 0 Å². The zero-order valence-electron chi connectivity index (χ0n) is 5.57. The largest absolute Gasteiger partial charge is 0.387 e. The Morgan fingerprint density at radius 2 is 2.25 bits per heavy atom. The second-order valence-electron chi connectivity index (χ2n) is 1.92. The number of hydrogen-bond acceptors (Lipinski definition) is 1. The first-order chi connectivity index (χ1) is 3.77. The highest BCUT2D eigenvalue weighted by molar-refractivity contribution is 4.92. The molecule has 0 radical (unpaired) electrons. The average Bonchev–Trinajstić information content (AvgIpc) is 1.66. The maximum Gasteiger partial charge on any atom is 0.0322 e. The van der Waals surface area contributed by atoms with E-state index in [0.29, 0.717) is 0 Å². The van der Waals surface area contributed by atoms with Gasteiger partial charge in [-0.25, -0.2) is 0 Å². The second-order valence-corrected chi connectivity index (χ2v) is 1.92. The van der Waals surface area contributed by atoms with Gasteiger partial charge in [-0.3, -0.25) is 0 Å². The Kier molecular flexibility index (Phi) is 4.04. The zero-order valence-corrected chi connectivity index (χ0v) is 5.57. The molecule has 8 heavy (non-hydrogen) atoms. The van der Waals surface area contributed by atoms with Gasteiger partial charge in [-0.2, -0.15) is 0 Å². The van der Waals surface area contributed by atoms with Crippen LogP contribution in [-0.4, -0.2) is 6.54 Å². The molecule has 0 saturated carbocycles. The lowest BCUT2D eigenvalue weighted by molar-refractivity contribution is 0.970. The Morgan fingerprint density at radius 3 is 2.62 bits per heavy atom. The van der Waals surface area contributed by atoms with Crippen molar-refractivity contribution in [2.75, 3.05) is 6.54 Å². The van der Waals surface area contributed by atoms with Gasteiger partial charge in [0, 0.05) is 6.54 Å². The smallest absolute Gasteiger partial charge is 0.0322 e. The molecule has 0 aliphatic heterocycles. The molecule has 0 heterocycles. The Morgan fingerprint density at radius 1 is 1.62 bits per heavy atom. The molecule has 0 bridgehead atoms. The van der Waals surface area contributed by atoms with Crippen molar-refractivity contribution < 1.29 is 0 Å². The van der Waals surface area contributed by atoms with Gasteiger partial charge in [0.2, 0.25) is 0 Å². The fourth-order valence-electron chi connectivity index (χ4n) is 0.346. The fourth-order valence-corrected chi connectivity index (χ4v) is 0.346. The molecule has 0 fully saturated rings. The van der Waals surface area contributed by atoms with E-state index in [2.05, 4.69) is 25.7 Å². The predicted octanol–water partition coefficient (Wildman–Crippen LogP) is 1.69. The van der Waals surface area contributed by atoms with Gasteiger partial charge in [-0.15, -0.1) is 6.58 Å². The summed E-state index contributed by atoms with van der Waals surface area (Å²) in [4.78, 5) is 0. The number of nitrogens with one attached hydrogen (secondary N) is 1. The van der Waals surface area contributed by atoms with E-state index in [0.717, 1.165) is 6.54 Å². The summed E-state index contributed by atoms with van der Waals surface area (Å²) in [5.41, 5.74) is 1.28. The number of hydrogen-bond donors (Lipinski definition) is 1. The molecule has 0 aromatic heterocycles. The van der Waals surface area contributed by atoms with E-state index >= 15 is 0 Å². The Hall–Kier alpha value is -0.720. The quantitative estimate of drug-likeness (QED) is 0.431. The van der Waals surface area contributed by atoms with Gasteiger partial charge in [0.15, 0.2) is 0 Å². The molecule has 0 aromatic rings. The van der Waals surface area contributed by atoms with Crippen molar-refractivity contribution in [3.8, 4) is 0 Å². The molecule has 46 valence electrons. The van der Waals surface area contributed by atoms with Gasteiger partial charge in [0.05, 0.1) is 0 Å². The summed E-state index contributed by atoms with van der Waals surface area (Å²) in [5, 5.41) is 3.05. The standard InChI is InChI=1S/C7H13N/c1-4-5-8-6-7(2)3/h4,6,8H,1,5H2,2-3H3. The third-order valence-corrected chi connectivity index (χ3v) is 0.653. The molecule has 0 rings (SSSR count). The van der Waals surface area contributed by atoms with Crippen molar-refractivity contribution in [2.24, 2.45) is 0 Å². The lowest BCUT2D eigenvalue weighted by Gasteiger charge is -1.92. The maximum absolute atomic E-state index is 3.57. The van der Waals surface area contributed by atoms with Crippen molar-refractivity contribution >= 4 is 0 Å². The Labute approximate surface area is 51.1 Å². The third-order valence-electron chi connectivity index (χ3n) is 0.653. The Bertz CT molecular complexity index is 88.6. The first-order valence-electron chi connectivity index (χ1n) is 2.75. The van der Waals surface area contributed by atoms with E-state index in [1.54, 1.807) is 0 Å². The van der Waals surface area contributed by atoms with Crippen LogP contribution in [0.4, 0.5) is 0 Å². The minimum absolute atomic E-state index is 0.852. The summed E-state index contributed by atoms with van der Waals surface area (Å²) < 4.78 is 0. The third kappa shape index (κ3) is 5.28. The van der Waals surface area contributed by atoms with Crippen molar-refractivity contribution in [1.82, 2.24) is 5.32 Å². The first-order valence-corrected chi connectivity index (χ1v) is 2.75. The molecule has 0 unspecified atom stereocenters. The van der Waals surface area contributed by atoms with Gasteiger partial charge in [0.1, 0.15) is 0 Å². The first kappa shape index (κ1) is 7.28. The predicted molar refractivity (Wildman–Crippen MR) is 37.6 cm³/mol. The molecule has 0 spiro atoms. The van der Waals surface area contributed by atoms with E-state index in [1.165, 1.54) is 5.57 Å². The minimum Gasteiger partial charge on any atom is -0.387 e. The lowest BCUT2D eigenvalue weighted by atomic mass is 10.4. The van der Waals surface area contributed by atoms with Crippen molar-refractivity contribution in [3.63, 3.8) is 0 Å². The zero-order chi connectivity index (χ0) is 6.41. The van der Waals surface area contributed by atoms with Crippen molar-refractivity contribution in [2.45, 2.75) is 13.8 Å². The van der Waals surface area contributed by atoms with Crippen LogP contribution in [0, 0.1) is 0 Å². The van der Waals surface area contributed by atoms with Crippen LogP contribution < -0.4 is 5.32 Å². The molecule has 1 N–H and O–H groups in total. The summed E-state index contributed by atoms with van der Waals surface area (Å²) >= 11 is 0. The minimum atomic E-state index is 0.852. The summed E-state index contributed by atoms with van der Waals surface area (Å²) in [6, 6.07) is 0. The molecule has 0 aliphatic carbocycles. The summed E-state index contributed by atoms with van der Waals surface area (Å²) in [6.07, 6.45) is 3.81. The van der Waals surface area contributed by atoms with Crippen LogP contribution in [0.25, 0.3) is 0 Å². The van der Waals surface area contributed by atoms with Crippen LogP contribution in [0.5, 0.6) is 0 Å². The highest BCUT2D eigenvalue weighted by atomic mass is 14.8. The molecule has 1 nitrogen and oxygen atoms in total. The van der Waals surface area contributed by atoms with Gasteiger partial charge >= 0.3 is 0 Å². The van der Waals surface area contributed by atoms with Gasteiger partial charge < -0.3 is 5.32 Å². The maximum atomic E-state index is 3.57. The molecule has 1 heteroatoms. The average molecular weight is 111 g/mol. The van der Waals surface area contributed by atoms with Gasteiger partial charge in [-0.1, -0.05) is 11.6 Å². The molecular weight excluding hydrogens is 98.1 g/mol. The van der Waals surface area contributed by atoms with Crippen LogP contribution in [-0.2, 0) is 0 Å². The van der Waals surface area contributed by atoms with Crippen LogP contribution in [0.1, 0.15) is 13.8 Å². The number of allylic oxidation sites excluding steroid dienone is 1. The SMILES string of the molecule is C=CCNC=C(C)C. The van der Waals surface area contributed by atoms with E-state index in [9.17, 15) is 0 Å². The normalized spacial score (nSPS) is 7.75. The highest BCUT2D eigenvalue weighted by Gasteiger charge is 1.71. The van der Waals surface area contributed by atoms with Crippen LogP contribution in [0.3, 0.4) is 0 Å². The molecular formula is C7H13N. The fraction of sp³-hybridized carbons (Fsp3) is 0.429. The molecule has 0 aliphatic rings. The summed E-state index contributed by atoms with van der Waals surface area (Å²) in [5.74, 6) is 0. The molecule has 0 aromatic carbocycles. The van der Waals surface area contributed by atoms with E-state index in [-0.39, 0.29) is 0 Å².